The number of likely N-dealkylation sites (N-methyl/N-ethyl adjacent to an activating group) is 10. The van der Waals surface area contributed by atoms with Crippen LogP contribution in [0.5, 0.6) is 0 Å². The molecule has 0 aromatic heterocycles. The summed E-state index contributed by atoms with van der Waals surface area (Å²) >= 11 is 0. The summed E-state index contributed by atoms with van der Waals surface area (Å²) in [6.07, 6.45) is 1.90. The largest absolute Gasteiger partial charge is 0.330 e. The van der Waals surface area contributed by atoms with Crippen molar-refractivity contribution in [3.63, 3.8) is 0 Å². The molecule has 0 aliphatic carbocycles. The van der Waals surface area contributed by atoms with Crippen LogP contribution in [0.15, 0.2) is 24.3 Å². The molecule has 0 aliphatic heterocycles. The fraction of sp³-hybridized carbons (Fsp3) is 0.864. The number of rotatable bonds is 34. The SMILES string of the molecule is CCNC(C)CN(C)CC(CCN)N(C)C(CN(C)CC(C)NCC)c1cccc(C(CN(C)CC(C)NCC)N(C)C(CCN)CN(C)CC(C)NCC)c1. The summed E-state index contributed by atoms with van der Waals surface area (Å²) in [7, 11) is 13.7. The fourth-order valence-corrected chi connectivity index (χ4v) is 8.78. The highest BCUT2D eigenvalue weighted by Gasteiger charge is 2.30. The highest BCUT2D eigenvalue weighted by atomic mass is 15.3. The average molecular weight is 791 g/mol. The number of nitrogens with zero attached hydrogens (tertiary/aromatic N) is 6. The van der Waals surface area contributed by atoms with Gasteiger partial charge in [-0.25, -0.2) is 0 Å². The second-order valence-corrected chi connectivity index (χ2v) is 17.2. The lowest BCUT2D eigenvalue weighted by atomic mass is 9.95. The standard InChI is InChI=1S/C44H94N12/c1-15-47-35(5)27-51(9)31-41(22-24-45)55(13)43(33-53(11)29-37(7)49-17-3)39-20-19-21-40(26-39)44(34-54(12)30-38(8)50-18-4)56(14)42(23-25-46)32-52(10)28-36(6)48-16-2/h19-21,26,35-38,41-44,47-50H,15-18,22-25,27-34,45-46H2,1-14H3. The van der Waals surface area contributed by atoms with Gasteiger partial charge in [0.15, 0.2) is 0 Å². The van der Waals surface area contributed by atoms with Crippen LogP contribution in [0, 0.1) is 0 Å². The molecule has 56 heavy (non-hydrogen) atoms. The van der Waals surface area contributed by atoms with Crippen molar-refractivity contribution in [3.05, 3.63) is 35.4 Å². The van der Waals surface area contributed by atoms with Gasteiger partial charge in [0.2, 0.25) is 0 Å². The third-order valence-corrected chi connectivity index (χ3v) is 11.4. The number of hydrogen-bond acceptors (Lipinski definition) is 12. The Morgan fingerprint density at radius 3 is 1.02 bits per heavy atom. The van der Waals surface area contributed by atoms with Gasteiger partial charge >= 0.3 is 0 Å². The highest BCUT2D eigenvalue weighted by molar-refractivity contribution is 5.29. The molecule has 0 amide bonds. The highest BCUT2D eigenvalue weighted by Crippen LogP contribution is 2.30. The molecule has 12 heteroatoms. The maximum absolute atomic E-state index is 6.35. The van der Waals surface area contributed by atoms with Crippen molar-refractivity contribution >= 4 is 0 Å². The maximum Gasteiger partial charge on any atom is 0.0475 e. The number of hydrogen-bond donors (Lipinski definition) is 6. The number of nitrogens with one attached hydrogen (secondary N) is 4. The van der Waals surface area contributed by atoms with Gasteiger partial charge in [-0.15, -0.1) is 0 Å². The Hall–Kier alpha value is -1.26. The summed E-state index contributed by atoms with van der Waals surface area (Å²) in [5.74, 6) is 0. The molecule has 8 N–H and O–H groups in total. The summed E-state index contributed by atoms with van der Waals surface area (Å²) in [5.41, 5.74) is 15.4. The lowest BCUT2D eigenvalue weighted by molar-refractivity contribution is 0.0973. The zero-order chi connectivity index (χ0) is 42.2. The molecule has 0 aliphatic rings. The van der Waals surface area contributed by atoms with Gasteiger partial charge in [-0.1, -0.05) is 52.0 Å². The van der Waals surface area contributed by atoms with Gasteiger partial charge in [0.05, 0.1) is 0 Å². The zero-order valence-electron chi connectivity index (χ0n) is 39.1. The summed E-state index contributed by atoms with van der Waals surface area (Å²) in [5, 5.41) is 14.4. The van der Waals surface area contributed by atoms with Crippen LogP contribution in [0.3, 0.4) is 0 Å². The van der Waals surface area contributed by atoms with Crippen LogP contribution in [0.1, 0.15) is 91.4 Å². The van der Waals surface area contributed by atoms with Crippen LogP contribution < -0.4 is 32.7 Å². The second kappa shape index (κ2) is 29.9. The molecule has 0 radical (unpaired) electrons. The fourth-order valence-electron chi connectivity index (χ4n) is 8.78. The molecule has 8 atom stereocenters. The van der Waals surface area contributed by atoms with E-state index in [1.54, 1.807) is 0 Å². The van der Waals surface area contributed by atoms with Crippen molar-refractivity contribution in [1.29, 1.82) is 0 Å². The van der Waals surface area contributed by atoms with Crippen LogP contribution in [-0.2, 0) is 0 Å². The Labute approximate surface area is 347 Å². The average Bonchev–Trinajstić information content (AvgIpc) is 3.12. The minimum Gasteiger partial charge on any atom is -0.330 e. The molecule has 0 fully saturated rings. The predicted molar refractivity (Wildman–Crippen MR) is 245 cm³/mol. The van der Waals surface area contributed by atoms with Gasteiger partial charge in [-0.3, -0.25) is 9.80 Å². The first-order chi connectivity index (χ1) is 26.6. The van der Waals surface area contributed by atoms with Gasteiger partial charge in [-0.2, -0.15) is 0 Å². The first kappa shape index (κ1) is 52.8. The lowest BCUT2D eigenvalue weighted by Crippen LogP contribution is -2.49. The van der Waals surface area contributed by atoms with Crippen molar-refractivity contribution in [1.82, 2.24) is 50.7 Å². The van der Waals surface area contributed by atoms with Crippen molar-refractivity contribution in [2.75, 3.05) is 134 Å². The molecule has 1 aromatic carbocycles. The lowest BCUT2D eigenvalue weighted by Gasteiger charge is -2.41. The van der Waals surface area contributed by atoms with Crippen LogP contribution in [0.25, 0.3) is 0 Å². The van der Waals surface area contributed by atoms with Gasteiger partial charge < -0.3 is 52.3 Å². The van der Waals surface area contributed by atoms with Crippen molar-refractivity contribution < 1.29 is 0 Å². The van der Waals surface area contributed by atoms with Gasteiger partial charge in [0, 0.05) is 101 Å². The first-order valence-corrected chi connectivity index (χ1v) is 22.3. The summed E-state index contributed by atoms with van der Waals surface area (Å²) in [6.45, 7) is 30.9. The minimum absolute atomic E-state index is 0.195. The molecule has 1 rings (SSSR count). The Kier molecular flexibility index (Phi) is 28.1. The molecule has 12 nitrogen and oxygen atoms in total. The van der Waals surface area contributed by atoms with Crippen molar-refractivity contribution in [2.24, 2.45) is 11.5 Å². The van der Waals surface area contributed by atoms with Gasteiger partial charge in [0.1, 0.15) is 0 Å². The Morgan fingerprint density at radius 1 is 0.464 bits per heavy atom. The van der Waals surface area contributed by atoms with Crippen LogP contribution in [-0.4, -0.2) is 200 Å². The van der Waals surface area contributed by atoms with E-state index in [1.165, 1.54) is 11.1 Å². The second-order valence-electron chi connectivity index (χ2n) is 17.2. The van der Waals surface area contributed by atoms with Gasteiger partial charge in [0.25, 0.3) is 0 Å². The summed E-state index contributed by atoms with van der Waals surface area (Å²) in [4.78, 5) is 15.3. The quantitative estimate of drug-likeness (QED) is 0.0617. The Bertz CT molecular complexity index is 1020. The normalized spacial score (nSPS) is 17.0. The topological polar surface area (TPSA) is 120 Å². The zero-order valence-corrected chi connectivity index (χ0v) is 39.1. The molecule has 0 bridgehead atoms. The molecular formula is C44H94N12. The minimum atomic E-state index is 0.195. The maximum atomic E-state index is 6.35. The van der Waals surface area contributed by atoms with Crippen LogP contribution in [0.4, 0.5) is 0 Å². The van der Waals surface area contributed by atoms with Gasteiger partial charge in [-0.05, 0) is 133 Å². The van der Waals surface area contributed by atoms with E-state index in [-0.39, 0.29) is 12.1 Å². The van der Waals surface area contributed by atoms with Crippen LogP contribution in [0.2, 0.25) is 0 Å². The predicted octanol–water partition coefficient (Wildman–Crippen LogP) is 2.79. The summed E-state index contributed by atoms with van der Waals surface area (Å²) < 4.78 is 0. The van der Waals surface area contributed by atoms with E-state index < -0.39 is 0 Å². The Morgan fingerprint density at radius 2 is 0.750 bits per heavy atom. The molecule has 0 spiro atoms. The van der Waals surface area contributed by atoms with E-state index in [4.69, 9.17) is 11.5 Å². The molecule has 0 saturated carbocycles. The van der Waals surface area contributed by atoms with E-state index in [1.807, 2.05) is 0 Å². The van der Waals surface area contributed by atoms with E-state index in [9.17, 15) is 0 Å². The third-order valence-electron chi connectivity index (χ3n) is 11.4. The van der Waals surface area contributed by atoms with E-state index in [2.05, 4.69) is 173 Å². The first-order valence-electron chi connectivity index (χ1n) is 22.3. The van der Waals surface area contributed by atoms with E-state index in [0.717, 1.165) is 91.4 Å². The summed E-state index contributed by atoms with van der Waals surface area (Å²) in [6, 6.07) is 12.3. The van der Waals surface area contributed by atoms with E-state index >= 15 is 0 Å². The monoisotopic (exact) mass is 791 g/mol. The molecule has 8 unspecified atom stereocenters. The molecule has 0 heterocycles. The van der Waals surface area contributed by atoms with E-state index in [0.29, 0.717) is 49.3 Å². The van der Waals surface area contributed by atoms with Crippen molar-refractivity contribution in [3.8, 4) is 0 Å². The van der Waals surface area contributed by atoms with Crippen molar-refractivity contribution in [2.45, 2.75) is 117 Å². The molecule has 0 saturated heterocycles. The molecule has 1 aromatic rings. The van der Waals surface area contributed by atoms with Crippen LogP contribution >= 0.6 is 0 Å². The number of nitrogens with two attached hydrogens (primary N) is 2. The smallest absolute Gasteiger partial charge is 0.0475 e. The Balaban J connectivity index is 3.72. The molecular weight excluding hydrogens is 697 g/mol. The number of benzene rings is 1. The molecule has 330 valence electrons. The third kappa shape index (κ3) is 20.6.